The summed E-state index contributed by atoms with van der Waals surface area (Å²) in [7, 11) is 2.09. The van der Waals surface area contributed by atoms with Crippen molar-refractivity contribution >= 4 is 5.69 Å². The second kappa shape index (κ2) is 7.15. The van der Waals surface area contributed by atoms with Crippen molar-refractivity contribution in [1.29, 1.82) is 0 Å². The lowest BCUT2D eigenvalue weighted by Gasteiger charge is -2.23. The van der Waals surface area contributed by atoms with Gasteiger partial charge in [0.05, 0.1) is 0 Å². The van der Waals surface area contributed by atoms with Crippen LogP contribution in [0.25, 0.3) is 0 Å². The Bertz CT molecular complexity index is 531. The standard InChI is InChI=1S/C17H25N3/c1-4-20(16-8-5-7-15(2)13-16)12-10-18-14-17-9-6-11-19(17)3/h5-9,11,13,18H,4,10,12,14H2,1-3H3. The minimum atomic E-state index is 0.925. The van der Waals surface area contributed by atoms with Gasteiger partial charge in [-0.25, -0.2) is 0 Å². The van der Waals surface area contributed by atoms with E-state index in [2.05, 4.69) is 78.3 Å². The molecular weight excluding hydrogens is 246 g/mol. The minimum Gasteiger partial charge on any atom is -0.371 e. The number of hydrogen-bond acceptors (Lipinski definition) is 2. The van der Waals surface area contributed by atoms with E-state index < -0.39 is 0 Å². The van der Waals surface area contributed by atoms with Crippen LogP contribution in [0, 0.1) is 6.92 Å². The molecule has 1 heterocycles. The van der Waals surface area contributed by atoms with Crippen LogP contribution in [0.1, 0.15) is 18.2 Å². The van der Waals surface area contributed by atoms with Gasteiger partial charge in [0.25, 0.3) is 0 Å². The third-order valence-corrected chi connectivity index (χ3v) is 3.66. The average molecular weight is 271 g/mol. The van der Waals surface area contributed by atoms with E-state index in [0.717, 1.165) is 26.2 Å². The van der Waals surface area contributed by atoms with Crippen LogP contribution in [0.15, 0.2) is 42.6 Å². The van der Waals surface area contributed by atoms with Gasteiger partial charge in [-0.15, -0.1) is 0 Å². The molecule has 3 nitrogen and oxygen atoms in total. The van der Waals surface area contributed by atoms with E-state index >= 15 is 0 Å². The zero-order valence-electron chi connectivity index (χ0n) is 12.8. The summed E-state index contributed by atoms with van der Waals surface area (Å²) in [5.74, 6) is 0. The van der Waals surface area contributed by atoms with Crippen molar-refractivity contribution in [2.24, 2.45) is 7.05 Å². The van der Waals surface area contributed by atoms with Crippen molar-refractivity contribution in [2.75, 3.05) is 24.5 Å². The summed E-state index contributed by atoms with van der Waals surface area (Å²) >= 11 is 0. The summed E-state index contributed by atoms with van der Waals surface area (Å²) in [6.45, 7) is 8.34. The molecule has 0 aliphatic rings. The topological polar surface area (TPSA) is 20.2 Å². The third kappa shape index (κ3) is 3.87. The van der Waals surface area contributed by atoms with Crippen LogP contribution < -0.4 is 10.2 Å². The summed E-state index contributed by atoms with van der Waals surface area (Å²) in [5, 5.41) is 3.52. The van der Waals surface area contributed by atoms with E-state index in [0.29, 0.717) is 0 Å². The predicted octanol–water partition coefficient (Wildman–Crippen LogP) is 2.95. The Balaban J connectivity index is 1.81. The first kappa shape index (κ1) is 14.7. The van der Waals surface area contributed by atoms with Crippen molar-refractivity contribution in [3.63, 3.8) is 0 Å². The fraction of sp³-hybridized carbons (Fsp3) is 0.412. The van der Waals surface area contributed by atoms with Gasteiger partial charge in [0.1, 0.15) is 0 Å². The number of benzene rings is 1. The van der Waals surface area contributed by atoms with E-state index in [1.165, 1.54) is 16.9 Å². The maximum Gasteiger partial charge on any atom is 0.0369 e. The molecule has 1 aromatic carbocycles. The molecule has 0 saturated carbocycles. The molecule has 0 unspecified atom stereocenters. The molecule has 1 aromatic heterocycles. The summed E-state index contributed by atoms with van der Waals surface area (Å²) in [5.41, 5.74) is 3.95. The van der Waals surface area contributed by atoms with Crippen LogP contribution in [0.5, 0.6) is 0 Å². The van der Waals surface area contributed by atoms with Gasteiger partial charge in [0, 0.05) is 50.8 Å². The first-order valence-electron chi connectivity index (χ1n) is 7.33. The maximum absolute atomic E-state index is 3.52. The Kier molecular flexibility index (Phi) is 5.24. The number of nitrogens with one attached hydrogen (secondary N) is 1. The van der Waals surface area contributed by atoms with Crippen LogP contribution in [0.2, 0.25) is 0 Å². The number of hydrogen-bond donors (Lipinski definition) is 1. The van der Waals surface area contributed by atoms with Crippen molar-refractivity contribution in [1.82, 2.24) is 9.88 Å². The summed E-state index contributed by atoms with van der Waals surface area (Å²) in [6.07, 6.45) is 2.09. The number of anilines is 1. The Morgan fingerprint density at radius 3 is 2.70 bits per heavy atom. The third-order valence-electron chi connectivity index (χ3n) is 3.66. The van der Waals surface area contributed by atoms with E-state index in [1.54, 1.807) is 0 Å². The van der Waals surface area contributed by atoms with Crippen molar-refractivity contribution in [3.05, 3.63) is 53.9 Å². The van der Waals surface area contributed by atoms with Gasteiger partial charge in [-0.1, -0.05) is 12.1 Å². The molecule has 0 spiro atoms. The molecule has 0 amide bonds. The average Bonchev–Trinajstić information content (AvgIpc) is 2.84. The molecule has 108 valence electrons. The smallest absolute Gasteiger partial charge is 0.0369 e. The summed E-state index contributed by atoms with van der Waals surface area (Å²) in [6, 6.07) is 13.0. The van der Waals surface area contributed by atoms with E-state index in [4.69, 9.17) is 0 Å². The highest BCUT2D eigenvalue weighted by Gasteiger charge is 2.04. The second-order valence-electron chi connectivity index (χ2n) is 5.21. The van der Waals surface area contributed by atoms with Crippen LogP contribution in [0.3, 0.4) is 0 Å². The molecule has 0 radical (unpaired) electrons. The first-order valence-corrected chi connectivity index (χ1v) is 7.33. The highest BCUT2D eigenvalue weighted by atomic mass is 15.1. The van der Waals surface area contributed by atoms with Crippen LogP contribution in [-0.4, -0.2) is 24.2 Å². The monoisotopic (exact) mass is 271 g/mol. The van der Waals surface area contributed by atoms with Gasteiger partial charge in [0.15, 0.2) is 0 Å². The van der Waals surface area contributed by atoms with E-state index in [9.17, 15) is 0 Å². The lowest BCUT2D eigenvalue weighted by atomic mass is 10.2. The number of nitrogens with zero attached hydrogens (tertiary/aromatic N) is 2. The molecule has 0 fully saturated rings. The normalized spacial score (nSPS) is 10.8. The van der Waals surface area contributed by atoms with Gasteiger partial charge < -0.3 is 14.8 Å². The molecule has 0 aliphatic carbocycles. The van der Waals surface area contributed by atoms with Gasteiger partial charge in [-0.3, -0.25) is 0 Å². The zero-order valence-corrected chi connectivity index (χ0v) is 12.8. The fourth-order valence-electron chi connectivity index (χ4n) is 2.41. The highest BCUT2D eigenvalue weighted by molar-refractivity contribution is 5.48. The predicted molar refractivity (Wildman–Crippen MR) is 86.2 cm³/mol. The fourth-order valence-corrected chi connectivity index (χ4v) is 2.41. The van der Waals surface area contributed by atoms with Crippen molar-refractivity contribution in [2.45, 2.75) is 20.4 Å². The number of aryl methyl sites for hydroxylation is 2. The van der Waals surface area contributed by atoms with Gasteiger partial charge >= 0.3 is 0 Å². The van der Waals surface area contributed by atoms with Crippen LogP contribution in [-0.2, 0) is 13.6 Å². The molecule has 0 saturated heterocycles. The van der Waals surface area contributed by atoms with Gasteiger partial charge in [0.2, 0.25) is 0 Å². The SMILES string of the molecule is CCN(CCNCc1cccn1C)c1cccc(C)c1. The number of rotatable bonds is 7. The molecule has 0 atom stereocenters. The van der Waals surface area contributed by atoms with Crippen LogP contribution >= 0.6 is 0 Å². The van der Waals surface area contributed by atoms with E-state index in [-0.39, 0.29) is 0 Å². The lowest BCUT2D eigenvalue weighted by Crippen LogP contribution is -2.32. The first-order chi connectivity index (χ1) is 9.70. The van der Waals surface area contributed by atoms with Crippen molar-refractivity contribution < 1.29 is 0 Å². The molecule has 0 aliphatic heterocycles. The number of aromatic nitrogens is 1. The Morgan fingerprint density at radius 2 is 2.05 bits per heavy atom. The van der Waals surface area contributed by atoms with Crippen molar-refractivity contribution in [3.8, 4) is 0 Å². The highest BCUT2D eigenvalue weighted by Crippen LogP contribution is 2.14. The quantitative estimate of drug-likeness (QED) is 0.781. The number of likely N-dealkylation sites (N-methyl/N-ethyl adjacent to an activating group) is 1. The maximum atomic E-state index is 3.52. The lowest BCUT2D eigenvalue weighted by molar-refractivity contribution is 0.639. The second-order valence-corrected chi connectivity index (χ2v) is 5.21. The van der Waals surface area contributed by atoms with Gasteiger partial charge in [-0.2, -0.15) is 0 Å². The molecule has 0 bridgehead atoms. The minimum absolute atomic E-state index is 0.925. The zero-order chi connectivity index (χ0) is 14.4. The van der Waals surface area contributed by atoms with Crippen LogP contribution in [0.4, 0.5) is 5.69 Å². The molecule has 2 aromatic rings. The molecular formula is C17H25N3. The molecule has 1 N–H and O–H groups in total. The molecule has 2 rings (SSSR count). The Morgan fingerprint density at radius 1 is 1.20 bits per heavy atom. The largest absolute Gasteiger partial charge is 0.371 e. The van der Waals surface area contributed by atoms with E-state index in [1.807, 2.05) is 0 Å². The molecule has 20 heavy (non-hydrogen) atoms. The van der Waals surface area contributed by atoms with Gasteiger partial charge in [-0.05, 0) is 43.7 Å². The molecule has 3 heteroatoms. The Labute approximate surface area is 122 Å². The summed E-state index contributed by atoms with van der Waals surface area (Å²) < 4.78 is 2.16. The Hall–Kier alpha value is -1.74. The summed E-state index contributed by atoms with van der Waals surface area (Å²) in [4.78, 5) is 2.41.